The molecule has 4 saturated carbocycles. The van der Waals surface area contributed by atoms with E-state index in [4.69, 9.17) is 0 Å². The molecule has 2 nitrogen and oxygen atoms in total. The third kappa shape index (κ3) is 2.32. The van der Waals surface area contributed by atoms with Crippen molar-refractivity contribution in [1.29, 1.82) is 0 Å². The number of likely N-dealkylation sites (N-methyl/N-ethyl adjacent to an activating group) is 1. The second kappa shape index (κ2) is 5.08. The Labute approximate surface area is 128 Å². The van der Waals surface area contributed by atoms with Gasteiger partial charge in [0.25, 0.3) is 0 Å². The lowest BCUT2D eigenvalue weighted by Crippen LogP contribution is -2.56. The molecule has 4 aliphatic rings. The first-order valence-electron chi connectivity index (χ1n) is 8.76. The minimum absolute atomic E-state index is 0.563. The lowest BCUT2D eigenvalue weighted by Gasteiger charge is -2.59. The van der Waals surface area contributed by atoms with E-state index in [1.807, 2.05) is 6.20 Å². The van der Waals surface area contributed by atoms with Gasteiger partial charge in [0.15, 0.2) is 0 Å². The van der Waals surface area contributed by atoms with Gasteiger partial charge in [-0.1, -0.05) is 6.07 Å². The van der Waals surface area contributed by atoms with Crippen LogP contribution in [0.5, 0.6) is 0 Å². The summed E-state index contributed by atoms with van der Waals surface area (Å²) in [6.07, 6.45) is 12.0. The largest absolute Gasteiger partial charge is 0.316 e. The Morgan fingerprint density at radius 1 is 1.19 bits per heavy atom. The zero-order chi connectivity index (χ0) is 14.4. The fourth-order valence-electron chi connectivity index (χ4n) is 6.15. The van der Waals surface area contributed by atoms with E-state index in [0.717, 1.165) is 24.2 Å². The van der Waals surface area contributed by atoms with Gasteiger partial charge in [-0.25, -0.2) is 0 Å². The van der Waals surface area contributed by atoms with Gasteiger partial charge in [0.05, 0.1) is 0 Å². The summed E-state index contributed by atoms with van der Waals surface area (Å²) in [5.74, 6) is 3.07. The van der Waals surface area contributed by atoms with Gasteiger partial charge in [0, 0.05) is 24.4 Å². The van der Waals surface area contributed by atoms with Crippen molar-refractivity contribution >= 4 is 0 Å². The molecule has 0 aliphatic heterocycles. The third-order valence-corrected chi connectivity index (χ3v) is 6.69. The van der Waals surface area contributed by atoms with Crippen LogP contribution in [-0.4, -0.2) is 18.1 Å². The van der Waals surface area contributed by atoms with Crippen molar-refractivity contribution in [2.24, 2.45) is 23.2 Å². The number of nitrogens with one attached hydrogen (secondary N) is 1. The molecule has 4 fully saturated rings. The predicted octanol–water partition coefficient (Wildman–Crippen LogP) is 3.74. The number of hydrogen-bond acceptors (Lipinski definition) is 2. The Morgan fingerprint density at radius 3 is 2.33 bits per heavy atom. The van der Waals surface area contributed by atoms with Gasteiger partial charge in [0.2, 0.25) is 0 Å². The van der Waals surface area contributed by atoms with Crippen molar-refractivity contribution in [3.8, 4) is 0 Å². The summed E-state index contributed by atoms with van der Waals surface area (Å²) in [6, 6.07) is 4.87. The summed E-state index contributed by atoms with van der Waals surface area (Å²) in [4.78, 5) is 4.65. The molecule has 0 amide bonds. The molecule has 1 unspecified atom stereocenters. The van der Waals surface area contributed by atoms with Crippen molar-refractivity contribution in [3.63, 3.8) is 0 Å². The number of pyridine rings is 1. The van der Waals surface area contributed by atoms with E-state index >= 15 is 0 Å². The van der Waals surface area contributed by atoms with Crippen LogP contribution in [0, 0.1) is 30.1 Å². The summed E-state index contributed by atoms with van der Waals surface area (Å²) in [7, 11) is 2.17. The summed E-state index contributed by atoms with van der Waals surface area (Å²) >= 11 is 0. The fourth-order valence-corrected chi connectivity index (χ4v) is 6.15. The Kier molecular flexibility index (Phi) is 3.33. The minimum Gasteiger partial charge on any atom is -0.316 e. The van der Waals surface area contributed by atoms with Crippen LogP contribution in [0.25, 0.3) is 0 Å². The first-order valence-corrected chi connectivity index (χ1v) is 8.76. The van der Waals surface area contributed by atoms with E-state index < -0.39 is 0 Å². The molecule has 21 heavy (non-hydrogen) atoms. The first-order chi connectivity index (χ1) is 10.2. The van der Waals surface area contributed by atoms with Crippen molar-refractivity contribution < 1.29 is 0 Å². The van der Waals surface area contributed by atoms with E-state index in [9.17, 15) is 0 Å². The molecule has 2 heteroatoms. The molecule has 114 valence electrons. The smallest absolute Gasteiger partial charge is 0.0448 e. The Hall–Kier alpha value is -0.890. The maximum absolute atomic E-state index is 4.65. The highest BCUT2D eigenvalue weighted by atomic mass is 14.9. The SMILES string of the molecule is CNC(Cc1ncccc1C)C12CC3CC(CC(C3)C1)C2. The third-order valence-electron chi connectivity index (χ3n) is 6.69. The monoisotopic (exact) mass is 284 g/mol. The second-order valence-corrected chi connectivity index (χ2v) is 8.09. The molecule has 0 spiro atoms. The molecule has 5 rings (SSSR count). The lowest BCUT2D eigenvalue weighted by molar-refractivity contribution is -0.0726. The molecular formula is C19H28N2. The van der Waals surface area contributed by atoms with Gasteiger partial charge in [-0.15, -0.1) is 0 Å². The fraction of sp³-hybridized carbons (Fsp3) is 0.737. The Bertz CT molecular complexity index is 487. The number of hydrogen-bond donors (Lipinski definition) is 1. The first kappa shape index (κ1) is 13.8. The van der Waals surface area contributed by atoms with E-state index in [1.54, 1.807) is 0 Å². The van der Waals surface area contributed by atoms with Crippen LogP contribution in [0.3, 0.4) is 0 Å². The zero-order valence-corrected chi connectivity index (χ0v) is 13.4. The van der Waals surface area contributed by atoms with Crippen LogP contribution >= 0.6 is 0 Å². The van der Waals surface area contributed by atoms with Crippen LogP contribution in [0.2, 0.25) is 0 Å². The highest BCUT2D eigenvalue weighted by molar-refractivity contribution is 5.20. The van der Waals surface area contributed by atoms with E-state index in [-0.39, 0.29) is 0 Å². The molecule has 1 aromatic rings. The molecule has 1 N–H and O–H groups in total. The van der Waals surface area contributed by atoms with Gasteiger partial charge in [-0.2, -0.15) is 0 Å². The van der Waals surface area contributed by atoms with Crippen molar-refractivity contribution in [2.75, 3.05) is 7.05 Å². The van der Waals surface area contributed by atoms with Gasteiger partial charge in [0.1, 0.15) is 0 Å². The number of aryl methyl sites for hydroxylation is 1. The molecule has 1 aromatic heterocycles. The van der Waals surface area contributed by atoms with Gasteiger partial charge >= 0.3 is 0 Å². The van der Waals surface area contributed by atoms with Crippen molar-refractivity contribution in [2.45, 2.75) is 57.9 Å². The topological polar surface area (TPSA) is 24.9 Å². The highest BCUT2D eigenvalue weighted by Gasteiger charge is 2.53. The average molecular weight is 284 g/mol. The van der Waals surface area contributed by atoms with Crippen molar-refractivity contribution in [3.05, 3.63) is 29.6 Å². The number of rotatable bonds is 4. The van der Waals surface area contributed by atoms with Crippen molar-refractivity contribution in [1.82, 2.24) is 10.3 Å². The second-order valence-electron chi connectivity index (χ2n) is 8.09. The van der Waals surface area contributed by atoms with Gasteiger partial charge in [-0.3, -0.25) is 4.98 Å². The van der Waals surface area contributed by atoms with Gasteiger partial charge < -0.3 is 5.32 Å². The molecule has 4 bridgehead atoms. The van der Waals surface area contributed by atoms with Gasteiger partial charge in [-0.05, 0) is 87.3 Å². The molecule has 0 radical (unpaired) electrons. The van der Waals surface area contributed by atoms with Crippen LogP contribution in [0.4, 0.5) is 0 Å². The Morgan fingerprint density at radius 2 is 1.81 bits per heavy atom. The standard InChI is InChI=1S/C19H28N2/c1-13-4-3-5-21-17(13)9-18(20-2)19-10-14-6-15(11-19)8-16(7-14)12-19/h3-5,14-16,18,20H,6-12H2,1-2H3. The van der Waals surface area contributed by atoms with E-state index in [2.05, 4.69) is 36.4 Å². The maximum Gasteiger partial charge on any atom is 0.0448 e. The molecule has 0 aromatic carbocycles. The highest BCUT2D eigenvalue weighted by Crippen LogP contribution is 2.61. The maximum atomic E-state index is 4.65. The molecule has 0 saturated heterocycles. The van der Waals surface area contributed by atoms with Crippen LogP contribution < -0.4 is 5.32 Å². The molecule has 1 heterocycles. The zero-order valence-electron chi connectivity index (χ0n) is 13.4. The minimum atomic E-state index is 0.563. The molecular weight excluding hydrogens is 256 g/mol. The summed E-state index contributed by atoms with van der Waals surface area (Å²) in [5.41, 5.74) is 3.21. The van der Waals surface area contributed by atoms with Crippen LogP contribution in [0.1, 0.15) is 49.8 Å². The van der Waals surface area contributed by atoms with E-state index in [1.165, 1.54) is 49.8 Å². The predicted molar refractivity (Wildman–Crippen MR) is 86.1 cm³/mol. The quantitative estimate of drug-likeness (QED) is 0.911. The van der Waals surface area contributed by atoms with Crippen LogP contribution in [0.15, 0.2) is 18.3 Å². The number of nitrogens with zero attached hydrogens (tertiary/aromatic N) is 1. The lowest BCUT2D eigenvalue weighted by atomic mass is 9.47. The molecule has 1 atom stereocenters. The average Bonchev–Trinajstić information content (AvgIpc) is 2.44. The van der Waals surface area contributed by atoms with Crippen LogP contribution in [-0.2, 0) is 6.42 Å². The van der Waals surface area contributed by atoms with E-state index in [0.29, 0.717) is 11.5 Å². The normalized spacial score (nSPS) is 38.7. The summed E-state index contributed by atoms with van der Waals surface area (Å²) in [5, 5.41) is 3.69. The summed E-state index contributed by atoms with van der Waals surface area (Å²) < 4.78 is 0. The Balaban J connectivity index is 1.60. The number of aromatic nitrogens is 1. The molecule has 4 aliphatic carbocycles. The summed E-state index contributed by atoms with van der Waals surface area (Å²) in [6.45, 7) is 2.20.